The van der Waals surface area contributed by atoms with E-state index in [1.54, 1.807) is 4.31 Å². The van der Waals surface area contributed by atoms with Crippen LogP contribution in [0.5, 0.6) is 0 Å². The monoisotopic (exact) mass is 463 g/mol. The van der Waals surface area contributed by atoms with E-state index in [1.165, 1.54) is 0 Å². The first-order chi connectivity index (χ1) is 10.9. The third kappa shape index (κ3) is 4.15. The third-order valence-electron chi connectivity index (χ3n) is 4.75. The van der Waals surface area contributed by atoms with Gasteiger partial charge in [0, 0.05) is 17.0 Å². The van der Waals surface area contributed by atoms with E-state index in [1.807, 2.05) is 12.1 Å². The Morgan fingerprint density at radius 2 is 1.54 bits per heavy atom. The highest BCUT2D eigenvalue weighted by atomic mass is 127. The van der Waals surface area contributed by atoms with Gasteiger partial charge in [0.05, 0.1) is 4.90 Å². The number of hydrogen-bond donors (Lipinski definition) is 0. The molecule has 1 saturated heterocycles. The molecule has 136 valence electrons. The van der Waals surface area contributed by atoms with Crippen molar-refractivity contribution in [3.05, 3.63) is 29.3 Å². The van der Waals surface area contributed by atoms with Crippen LogP contribution in [0.4, 0.5) is 0 Å². The number of alkyl halides is 1. The molecular weight excluding hydrogens is 433 g/mol. The normalized spacial score (nSPS) is 20.5. The molecular formula is C19H30INO2S. The number of nitrogens with zero attached hydrogens (tertiary/aromatic N) is 1. The van der Waals surface area contributed by atoms with E-state index in [9.17, 15) is 8.42 Å². The van der Waals surface area contributed by atoms with Gasteiger partial charge in [-0.05, 0) is 46.9 Å². The van der Waals surface area contributed by atoms with E-state index in [0.29, 0.717) is 11.4 Å². The first-order valence-electron chi connectivity index (χ1n) is 8.61. The first kappa shape index (κ1) is 20.2. The van der Waals surface area contributed by atoms with Crippen LogP contribution in [0, 0.1) is 0 Å². The molecule has 0 aliphatic carbocycles. The van der Waals surface area contributed by atoms with E-state index < -0.39 is 10.0 Å². The molecule has 0 aromatic heterocycles. The lowest BCUT2D eigenvalue weighted by Crippen LogP contribution is -2.36. The average Bonchev–Trinajstić information content (AvgIpc) is 2.94. The van der Waals surface area contributed by atoms with Gasteiger partial charge >= 0.3 is 0 Å². The Morgan fingerprint density at radius 3 is 1.96 bits per heavy atom. The van der Waals surface area contributed by atoms with Gasteiger partial charge in [-0.2, -0.15) is 4.31 Å². The van der Waals surface area contributed by atoms with Crippen molar-refractivity contribution in [2.24, 2.45) is 0 Å². The van der Waals surface area contributed by atoms with Crippen LogP contribution in [0.15, 0.2) is 23.1 Å². The predicted octanol–water partition coefficient (Wildman–Crippen LogP) is 4.87. The lowest BCUT2D eigenvalue weighted by atomic mass is 9.81. The molecule has 1 aromatic carbocycles. The van der Waals surface area contributed by atoms with Crippen LogP contribution in [0.2, 0.25) is 0 Å². The summed E-state index contributed by atoms with van der Waals surface area (Å²) < 4.78 is 29.1. The zero-order valence-electron chi connectivity index (χ0n) is 15.7. The highest BCUT2D eigenvalue weighted by Gasteiger charge is 2.35. The summed E-state index contributed by atoms with van der Waals surface area (Å²) >= 11 is 2.30. The number of sulfonamides is 1. The van der Waals surface area contributed by atoms with Crippen molar-refractivity contribution >= 4 is 32.6 Å². The minimum Gasteiger partial charge on any atom is -0.207 e. The van der Waals surface area contributed by atoms with E-state index >= 15 is 0 Å². The second-order valence-electron chi connectivity index (χ2n) is 8.81. The maximum atomic E-state index is 13.3. The van der Waals surface area contributed by atoms with Gasteiger partial charge in [0.15, 0.2) is 0 Å². The Balaban J connectivity index is 2.60. The smallest absolute Gasteiger partial charge is 0.207 e. The SMILES string of the molecule is CC(C)(C)c1cc(C(C)(C)C)cc(S(=O)(=O)N2CCC[C@H]2CI)c1. The minimum absolute atomic E-state index is 0.0841. The summed E-state index contributed by atoms with van der Waals surface area (Å²) in [6.07, 6.45) is 1.92. The number of rotatable bonds is 3. The van der Waals surface area contributed by atoms with E-state index in [-0.39, 0.29) is 16.9 Å². The first-order valence-corrected chi connectivity index (χ1v) is 11.6. The third-order valence-corrected chi connectivity index (χ3v) is 7.69. The van der Waals surface area contributed by atoms with Gasteiger partial charge in [-0.3, -0.25) is 0 Å². The Morgan fingerprint density at radius 1 is 1.04 bits per heavy atom. The van der Waals surface area contributed by atoms with Gasteiger partial charge in [-0.1, -0.05) is 70.2 Å². The number of halogens is 1. The largest absolute Gasteiger partial charge is 0.243 e. The van der Waals surface area contributed by atoms with Crippen LogP contribution >= 0.6 is 22.6 Å². The Labute approximate surface area is 161 Å². The van der Waals surface area contributed by atoms with Crippen LogP contribution < -0.4 is 0 Å². The van der Waals surface area contributed by atoms with Crippen LogP contribution in [0.1, 0.15) is 65.5 Å². The van der Waals surface area contributed by atoms with Gasteiger partial charge in [0.2, 0.25) is 10.0 Å². The molecule has 3 nitrogen and oxygen atoms in total. The molecule has 1 atom stereocenters. The predicted molar refractivity (Wildman–Crippen MR) is 110 cm³/mol. The molecule has 0 bridgehead atoms. The molecule has 1 aliphatic heterocycles. The molecule has 0 saturated carbocycles. The quantitative estimate of drug-likeness (QED) is 0.474. The average molecular weight is 463 g/mol. The zero-order chi connectivity index (χ0) is 18.3. The van der Waals surface area contributed by atoms with Gasteiger partial charge in [0.1, 0.15) is 0 Å². The van der Waals surface area contributed by atoms with Crippen molar-refractivity contribution in [1.29, 1.82) is 0 Å². The number of benzene rings is 1. The molecule has 0 N–H and O–H groups in total. The van der Waals surface area contributed by atoms with Crippen LogP contribution in [-0.2, 0) is 20.9 Å². The molecule has 24 heavy (non-hydrogen) atoms. The maximum absolute atomic E-state index is 13.3. The molecule has 0 radical (unpaired) electrons. The van der Waals surface area contributed by atoms with Crippen molar-refractivity contribution in [1.82, 2.24) is 4.31 Å². The second-order valence-corrected chi connectivity index (χ2v) is 11.6. The molecule has 5 heteroatoms. The van der Waals surface area contributed by atoms with Gasteiger partial charge in [-0.15, -0.1) is 0 Å². The van der Waals surface area contributed by atoms with Crippen molar-refractivity contribution < 1.29 is 8.42 Å². The van der Waals surface area contributed by atoms with E-state index in [4.69, 9.17) is 0 Å². The number of hydrogen-bond acceptors (Lipinski definition) is 2. The Hall–Kier alpha value is -0.140. The molecule has 1 heterocycles. The summed E-state index contributed by atoms with van der Waals surface area (Å²) in [4.78, 5) is 0.455. The fraction of sp³-hybridized carbons (Fsp3) is 0.684. The van der Waals surface area contributed by atoms with E-state index in [0.717, 1.165) is 28.4 Å². The molecule has 2 rings (SSSR count). The second kappa shape index (κ2) is 6.88. The maximum Gasteiger partial charge on any atom is 0.243 e. The van der Waals surface area contributed by atoms with Crippen LogP contribution in [-0.4, -0.2) is 29.7 Å². The lowest BCUT2D eigenvalue weighted by molar-refractivity contribution is 0.415. The van der Waals surface area contributed by atoms with Gasteiger partial charge in [0.25, 0.3) is 0 Å². The molecule has 1 aliphatic rings. The fourth-order valence-electron chi connectivity index (χ4n) is 3.03. The summed E-state index contributed by atoms with van der Waals surface area (Å²) in [6.45, 7) is 13.4. The Kier molecular flexibility index (Phi) is 5.78. The topological polar surface area (TPSA) is 37.4 Å². The van der Waals surface area contributed by atoms with Crippen LogP contribution in [0.3, 0.4) is 0 Å². The summed E-state index contributed by atoms with van der Waals surface area (Å²) in [6, 6.07) is 6.06. The van der Waals surface area contributed by atoms with Crippen LogP contribution in [0.25, 0.3) is 0 Å². The van der Waals surface area contributed by atoms with Crippen molar-refractivity contribution in [3.8, 4) is 0 Å². The fourth-order valence-corrected chi connectivity index (χ4v) is 5.98. The van der Waals surface area contributed by atoms with Gasteiger partial charge in [-0.25, -0.2) is 8.42 Å². The summed E-state index contributed by atoms with van der Waals surface area (Å²) in [5, 5.41) is 0. The molecule has 1 fully saturated rings. The summed E-state index contributed by atoms with van der Waals surface area (Å²) in [7, 11) is -3.44. The zero-order valence-corrected chi connectivity index (χ0v) is 18.7. The summed E-state index contributed by atoms with van der Waals surface area (Å²) in [5.41, 5.74) is 2.00. The van der Waals surface area contributed by atoms with Crippen molar-refractivity contribution in [2.45, 2.75) is 76.2 Å². The van der Waals surface area contributed by atoms with Gasteiger partial charge < -0.3 is 0 Å². The van der Waals surface area contributed by atoms with Crippen molar-refractivity contribution in [2.75, 3.05) is 11.0 Å². The standard InChI is InChI=1S/C19H30INO2S/c1-18(2,3)14-10-15(19(4,5)6)12-17(11-14)24(22,23)21-9-7-8-16(21)13-20/h10-12,16H,7-9,13H2,1-6H3/t16-/m0/s1. The highest BCUT2D eigenvalue weighted by Crippen LogP contribution is 2.34. The Bertz CT molecular complexity index is 667. The molecule has 0 amide bonds. The molecule has 1 aromatic rings. The van der Waals surface area contributed by atoms with E-state index in [2.05, 4.69) is 70.2 Å². The van der Waals surface area contributed by atoms with Crippen molar-refractivity contribution in [3.63, 3.8) is 0 Å². The molecule has 0 spiro atoms. The minimum atomic E-state index is -3.44. The molecule has 0 unspecified atom stereocenters. The summed E-state index contributed by atoms with van der Waals surface area (Å²) in [5.74, 6) is 0. The lowest BCUT2D eigenvalue weighted by Gasteiger charge is -2.28. The highest BCUT2D eigenvalue weighted by molar-refractivity contribution is 14.1.